The molecule has 0 spiro atoms. The molecule has 2 heterocycles. The van der Waals surface area contributed by atoms with Crippen molar-refractivity contribution in [1.82, 2.24) is 15.0 Å². The molecule has 0 aliphatic carbocycles. The minimum absolute atomic E-state index is 0.0136. The van der Waals surface area contributed by atoms with Crippen LogP contribution in [-0.2, 0) is 15.0 Å². The Morgan fingerprint density at radius 1 is 1.21 bits per heavy atom. The lowest BCUT2D eigenvalue weighted by Crippen LogP contribution is -2.28. The molecule has 1 atom stereocenters. The van der Waals surface area contributed by atoms with E-state index in [0.29, 0.717) is 11.4 Å². The summed E-state index contributed by atoms with van der Waals surface area (Å²) in [5.41, 5.74) is 6.39. The van der Waals surface area contributed by atoms with Crippen LogP contribution in [0.2, 0.25) is 0 Å². The van der Waals surface area contributed by atoms with E-state index in [1.807, 2.05) is 6.07 Å². The summed E-state index contributed by atoms with van der Waals surface area (Å²) in [6.07, 6.45) is -0.0879. The molecule has 2 aromatic rings. The average molecular weight is 351 g/mol. The molecule has 1 saturated heterocycles. The van der Waals surface area contributed by atoms with Gasteiger partial charge in [0.15, 0.2) is 5.82 Å². The van der Waals surface area contributed by atoms with Crippen molar-refractivity contribution in [2.45, 2.75) is 6.42 Å². The fraction of sp³-hybridized carbons (Fsp3) is 0.286. The van der Waals surface area contributed by atoms with Crippen molar-refractivity contribution in [3.63, 3.8) is 0 Å². The monoisotopic (exact) mass is 351 g/mol. The zero-order valence-electron chi connectivity index (χ0n) is 12.5. The third-order valence-corrected chi connectivity index (χ3v) is 4.42. The molecular formula is C14H14FN5O3S. The van der Waals surface area contributed by atoms with Crippen molar-refractivity contribution in [3.05, 3.63) is 30.3 Å². The summed E-state index contributed by atoms with van der Waals surface area (Å²) in [6.45, 7) is 0.0136. The van der Waals surface area contributed by atoms with Crippen LogP contribution in [0, 0.1) is 5.92 Å². The second-order valence-corrected chi connectivity index (χ2v) is 6.87. The van der Waals surface area contributed by atoms with E-state index in [0.717, 1.165) is 0 Å². The van der Waals surface area contributed by atoms with E-state index in [4.69, 9.17) is 5.73 Å². The molecule has 1 aromatic heterocycles. The number of hydrogen-bond donors (Lipinski definition) is 1. The Morgan fingerprint density at radius 2 is 1.92 bits per heavy atom. The molecule has 24 heavy (non-hydrogen) atoms. The topological polar surface area (TPSA) is 119 Å². The first-order chi connectivity index (χ1) is 11.3. The summed E-state index contributed by atoms with van der Waals surface area (Å²) in [5.74, 6) is -1.47. The molecule has 1 amide bonds. The van der Waals surface area contributed by atoms with Crippen molar-refractivity contribution in [1.29, 1.82) is 0 Å². The minimum Gasteiger partial charge on any atom is -0.368 e. The number of anilines is 2. The molecule has 1 aromatic carbocycles. The van der Waals surface area contributed by atoms with E-state index in [1.165, 1.54) is 4.90 Å². The summed E-state index contributed by atoms with van der Waals surface area (Å²) >= 11 is 0. The number of halogens is 1. The maximum absolute atomic E-state index is 12.8. The van der Waals surface area contributed by atoms with Gasteiger partial charge in [0.1, 0.15) is 0 Å². The van der Waals surface area contributed by atoms with Crippen molar-refractivity contribution in [3.8, 4) is 11.4 Å². The number of carbonyl (C=O) groups excluding carboxylic acids is 1. The Kier molecular flexibility index (Phi) is 4.14. The lowest BCUT2D eigenvalue weighted by molar-refractivity contribution is -0.117. The van der Waals surface area contributed by atoms with Gasteiger partial charge in [-0.3, -0.25) is 9.69 Å². The molecule has 126 valence electrons. The first-order valence-corrected chi connectivity index (χ1v) is 8.67. The van der Waals surface area contributed by atoms with Gasteiger partial charge in [0, 0.05) is 24.4 Å². The van der Waals surface area contributed by atoms with Crippen molar-refractivity contribution >= 4 is 28.0 Å². The maximum Gasteiger partial charge on any atom is 0.302 e. The van der Waals surface area contributed by atoms with Crippen LogP contribution < -0.4 is 10.6 Å². The summed E-state index contributed by atoms with van der Waals surface area (Å²) < 4.78 is 34.4. The highest BCUT2D eigenvalue weighted by Crippen LogP contribution is 2.26. The molecule has 1 unspecified atom stereocenters. The van der Waals surface area contributed by atoms with E-state index in [9.17, 15) is 17.1 Å². The SMILES string of the molecule is Nc1nc(-c2ccccc2)nc(N2CC(CS(=O)(=O)F)CC2=O)n1. The van der Waals surface area contributed by atoms with Gasteiger partial charge in [0.05, 0.1) is 5.75 Å². The molecule has 2 N–H and O–H groups in total. The van der Waals surface area contributed by atoms with Crippen LogP contribution in [0.4, 0.5) is 15.8 Å². The van der Waals surface area contributed by atoms with Crippen LogP contribution in [0.1, 0.15) is 6.42 Å². The Morgan fingerprint density at radius 3 is 2.58 bits per heavy atom. The molecule has 0 bridgehead atoms. The number of nitrogens with two attached hydrogens (primary N) is 1. The van der Waals surface area contributed by atoms with Crippen LogP contribution in [0.25, 0.3) is 11.4 Å². The summed E-state index contributed by atoms with van der Waals surface area (Å²) in [5, 5.41) is 0. The van der Waals surface area contributed by atoms with Crippen molar-refractivity contribution < 1.29 is 17.1 Å². The number of carbonyl (C=O) groups is 1. The zero-order chi connectivity index (χ0) is 17.3. The number of amides is 1. The Balaban J connectivity index is 1.90. The highest BCUT2D eigenvalue weighted by atomic mass is 32.3. The molecule has 1 aliphatic rings. The second kappa shape index (κ2) is 6.11. The summed E-state index contributed by atoms with van der Waals surface area (Å²) in [6, 6.07) is 9.00. The molecule has 10 heteroatoms. The highest BCUT2D eigenvalue weighted by Gasteiger charge is 2.35. The normalized spacial score (nSPS) is 18.1. The number of benzene rings is 1. The van der Waals surface area contributed by atoms with Crippen molar-refractivity contribution in [2.24, 2.45) is 5.92 Å². The standard InChI is InChI=1S/C14H14FN5O3S/c15-24(22,23)8-9-6-11(21)20(7-9)14-18-12(17-13(16)19-14)10-4-2-1-3-5-10/h1-5,9H,6-8H2,(H2,16,17,18,19). The fourth-order valence-corrected chi connectivity index (χ4v) is 3.37. The molecule has 8 nitrogen and oxygen atoms in total. The van der Waals surface area contributed by atoms with Gasteiger partial charge in [0.25, 0.3) is 0 Å². The van der Waals surface area contributed by atoms with Crippen LogP contribution in [0.15, 0.2) is 30.3 Å². The van der Waals surface area contributed by atoms with Crippen LogP contribution >= 0.6 is 0 Å². The maximum atomic E-state index is 12.8. The van der Waals surface area contributed by atoms with Crippen LogP contribution in [0.5, 0.6) is 0 Å². The lowest BCUT2D eigenvalue weighted by Gasteiger charge is -2.15. The quantitative estimate of drug-likeness (QED) is 0.808. The third kappa shape index (κ3) is 3.65. The van der Waals surface area contributed by atoms with Crippen LogP contribution in [0.3, 0.4) is 0 Å². The summed E-state index contributed by atoms with van der Waals surface area (Å²) in [4.78, 5) is 25.5. The zero-order valence-corrected chi connectivity index (χ0v) is 13.3. The molecular weight excluding hydrogens is 337 g/mol. The second-order valence-electron chi connectivity index (χ2n) is 5.46. The van der Waals surface area contributed by atoms with Crippen molar-refractivity contribution in [2.75, 3.05) is 22.9 Å². The largest absolute Gasteiger partial charge is 0.368 e. The molecule has 3 rings (SSSR count). The molecule has 0 saturated carbocycles. The smallest absolute Gasteiger partial charge is 0.302 e. The molecule has 1 fully saturated rings. The van der Waals surface area contributed by atoms with Gasteiger partial charge in [-0.2, -0.15) is 23.4 Å². The van der Waals surface area contributed by atoms with Gasteiger partial charge in [0.2, 0.25) is 17.8 Å². The van der Waals surface area contributed by atoms with Gasteiger partial charge < -0.3 is 5.73 Å². The lowest BCUT2D eigenvalue weighted by atomic mass is 10.1. The van der Waals surface area contributed by atoms with E-state index in [1.54, 1.807) is 24.3 Å². The van der Waals surface area contributed by atoms with Gasteiger partial charge >= 0.3 is 10.2 Å². The Bertz CT molecular complexity index is 875. The van der Waals surface area contributed by atoms with E-state index < -0.39 is 21.9 Å². The predicted octanol–water partition coefficient (Wildman–Crippen LogP) is 0.773. The number of nitrogen functional groups attached to an aromatic ring is 1. The van der Waals surface area contributed by atoms with Gasteiger partial charge in [-0.1, -0.05) is 30.3 Å². The number of rotatable bonds is 4. The highest BCUT2D eigenvalue weighted by molar-refractivity contribution is 7.86. The number of nitrogens with zero attached hydrogens (tertiary/aromatic N) is 4. The Labute approximate surface area is 137 Å². The molecule has 1 aliphatic heterocycles. The fourth-order valence-electron chi connectivity index (χ4n) is 2.59. The van der Waals surface area contributed by atoms with Gasteiger partial charge in [-0.15, -0.1) is 3.89 Å². The predicted molar refractivity (Wildman–Crippen MR) is 85.0 cm³/mol. The van der Waals surface area contributed by atoms with Gasteiger partial charge in [-0.05, 0) is 0 Å². The Hall–Kier alpha value is -2.62. The minimum atomic E-state index is -4.65. The third-order valence-electron chi connectivity index (χ3n) is 3.55. The molecule has 0 radical (unpaired) electrons. The van der Waals surface area contributed by atoms with E-state index >= 15 is 0 Å². The first kappa shape index (κ1) is 16.2. The number of hydrogen-bond acceptors (Lipinski definition) is 7. The van der Waals surface area contributed by atoms with Gasteiger partial charge in [-0.25, -0.2) is 0 Å². The van der Waals surface area contributed by atoms with E-state index in [-0.39, 0.29) is 30.8 Å². The number of aromatic nitrogens is 3. The summed E-state index contributed by atoms with van der Waals surface area (Å²) in [7, 11) is -4.65. The average Bonchev–Trinajstić information content (AvgIpc) is 2.86. The first-order valence-electron chi connectivity index (χ1n) is 7.11. The van der Waals surface area contributed by atoms with E-state index in [2.05, 4.69) is 15.0 Å². The van der Waals surface area contributed by atoms with Crippen LogP contribution in [-0.4, -0.2) is 41.6 Å².